The molecule has 0 heterocycles. The maximum absolute atomic E-state index is 9.59. The third-order valence-corrected chi connectivity index (χ3v) is 3.16. The van der Waals surface area contributed by atoms with Crippen LogP contribution >= 0.6 is 0 Å². The lowest BCUT2D eigenvalue weighted by Crippen LogP contribution is -2.28. The van der Waals surface area contributed by atoms with E-state index in [1.165, 1.54) is 12.0 Å². The van der Waals surface area contributed by atoms with Gasteiger partial charge < -0.3 is 10.4 Å². The molecule has 0 aromatic heterocycles. The molecule has 2 nitrogen and oxygen atoms in total. The van der Waals surface area contributed by atoms with Crippen LogP contribution in [-0.4, -0.2) is 23.3 Å². The Balaban J connectivity index is 1.72. The normalized spacial score (nSPS) is 24.4. The van der Waals surface area contributed by atoms with Crippen molar-refractivity contribution in [3.05, 3.63) is 35.9 Å². The lowest BCUT2D eigenvalue weighted by Gasteiger charge is -2.16. The van der Waals surface area contributed by atoms with E-state index in [-0.39, 0.29) is 0 Å². The average molecular weight is 219 g/mol. The summed E-state index contributed by atoms with van der Waals surface area (Å²) in [5.74, 6) is 0.683. The quantitative estimate of drug-likeness (QED) is 0.796. The standard InChI is InChI=1S/C14H21NO/c1-14(2,16)8-9-15-13-10-12(13)11-6-4-3-5-7-11/h3-7,12-13,15-16H,8-10H2,1-2H3. The highest BCUT2D eigenvalue weighted by Crippen LogP contribution is 2.40. The van der Waals surface area contributed by atoms with E-state index in [9.17, 15) is 5.11 Å². The molecule has 1 fully saturated rings. The fourth-order valence-corrected chi connectivity index (χ4v) is 2.05. The van der Waals surface area contributed by atoms with Crippen LogP contribution in [0, 0.1) is 0 Å². The van der Waals surface area contributed by atoms with Crippen molar-refractivity contribution in [2.45, 2.75) is 44.2 Å². The zero-order chi connectivity index (χ0) is 11.6. The summed E-state index contributed by atoms with van der Waals surface area (Å²) in [5.41, 5.74) is 0.882. The predicted molar refractivity (Wildman–Crippen MR) is 66.5 cm³/mol. The Morgan fingerprint density at radius 1 is 1.31 bits per heavy atom. The first-order valence-electron chi connectivity index (χ1n) is 6.07. The summed E-state index contributed by atoms with van der Waals surface area (Å²) in [5, 5.41) is 13.1. The lowest BCUT2D eigenvalue weighted by molar-refractivity contribution is 0.0711. The summed E-state index contributed by atoms with van der Waals surface area (Å²) in [6.45, 7) is 4.62. The SMILES string of the molecule is CC(C)(O)CCNC1CC1c1ccccc1. The van der Waals surface area contributed by atoms with Gasteiger partial charge in [0.15, 0.2) is 0 Å². The van der Waals surface area contributed by atoms with Crippen molar-refractivity contribution in [2.75, 3.05) is 6.54 Å². The predicted octanol–water partition coefficient (Wildman–Crippen LogP) is 2.29. The Morgan fingerprint density at radius 2 is 2.00 bits per heavy atom. The van der Waals surface area contributed by atoms with Gasteiger partial charge in [0.2, 0.25) is 0 Å². The largest absolute Gasteiger partial charge is 0.390 e. The molecule has 1 aromatic carbocycles. The zero-order valence-electron chi connectivity index (χ0n) is 10.1. The molecule has 0 saturated heterocycles. The summed E-state index contributed by atoms with van der Waals surface area (Å²) in [4.78, 5) is 0. The van der Waals surface area contributed by atoms with Crippen molar-refractivity contribution in [1.82, 2.24) is 5.32 Å². The molecule has 2 atom stereocenters. The molecule has 2 heteroatoms. The number of rotatable bonds is 5. The number of aliphatic hydroxyl groups is 1. The summed E-state index contributed by atoms with van der Waals surface area (Å²) in [7, 11) is 0. The molecule has 1 aliphatic rings. The molecule has 0 spiro atoms. The molecule has 0 aliphatic heterocycles. The second-order valence-electron chi connectivity index (χ2n) is 5.38. The summed E-state index contributed by atoms with van der Waals surface area (Å²) in [6.07, 6.45) is 2.04. The number of hydrogen-bond donors (Lipinski definition) is 2. The molecule has 88 valence electrons. The molecule has 0 bridgehead atoms. The molecule has 1 saturated carbocycles. The first kappa shape index (κ1) is 11.6. The second kappa shape index (κ2) is 4.56. The van der Waals surface area contributed by atoms with Crippen molar-refractivity contribution >= 4 is 0 Å². The maximum atomic E-state index is 9.59. The number of hydrogen-bond acceptors (Lipinski definition) is 2. The molecule has 2 N–H and O–H groups in total. The second-order valence-corrected chi connectivity index (χ2v) is 5.38. The minimum Gasteiger partial charge on any atom is -0.390 e. The van der Waals surface area contributed by atoms with Crippen molar-refractivity contribution in [1.29, 1.82) is 0 Å². The van der Waals surface area contributed by atoms with Crippen LogP contribution in [0.5, 0.6) is 0 Å². The van der Waals surface area contributed by atoms with Gasteiger partial charge >= 0.3 is 0 Å². The van der Waals surface area contributed by atoms with Crippen LogP contribution < -0.4 is 5.32 Å². The lowest BCUT2D eigenvalue weighted by atomic mass is 10.1. The van der Waals surface area contributed by atoms with Gasteiger partial charge in [-0.2, -0.15) is 0 Å². The van der Waals surface area contributed by atoms with Gasteiger partial charge in [0.25, 0.3) is 0 Å². The van der Waals surface area contributed by atoms with E-state index in [1.54, 1.807) is 0 Å². The van der Waals surface area contributed by atoms with Crippen LogP contribution in [0.1, 0.15) is 38.2 Å². The molecule has 0 amide bonds. The van der Waals surface area contributed by atoms with Crippen molar-refractivity contribution in [3.8, 4) is 0 Å². The monoisotopic (exact) mass is 219 g/mol. The Morgan fingerprint density at radius 3 is 2.62 bits per heavy atom. The van der Waals surface area contributed by atoms with Crippen molar-refractivity contribution in [2.24, 2.45) is 0 Å². The van der Waals surface area contributed by atoms with E-state index in [2.05, 4.69) is 35.6 Å². The van der Waals surface area contributed by atoms with Gasteiger partial charge in [-0.05, 0) is 38.8 Å². The van der Waals surface area contributed by atoms with Crippen LogP contribution in [0.3, 0.4) is 0 Å². The Bertz CT molecular complexity index is 328. The zero-order valence-corrected chi connectivity index (χ0v) is 10.1. The van der Waals surface area contributed by atoms with E-state index in [0.29, 0.717) is 12.0 Å². The van der Waals surface area contributed by atoms with Crippen LogP contribution in [0.4, 0.5) is 0 Å². The van der Waals surface area contributed by atoms with Crippen LogP contribution in [0.2, 0.25) is 0 Å². The van der Waals surface area contributed by atoms with Crippen LogP contribution in [0.25, 0.3) is 0 Å². The first-order chi connectivity index (χ1) is 7.56. The van der Waals surface area contributed by atoms with E-state index in [0.717, 1.165) is 13.0 Å². The fraction of sp³-hybridized carbons (Fsp3) is 0.571. The van der Waals surface area contributed by atoms with Crippen molar-refractivity contribution < 1.29 is 5.11 Å². The van der Waals surface area contributed by atoms with Crippen molar-refractivity contribution in [3.63, 3.8) is 0 Å². The van der Waals surface area contributed by atoms with E-state index in [1.807, 2.05) is 13.8 Å². The van der Waals surface area contributed by atoms with Gasteiger partial charge in [0.1, 0.15) is 0 Å². The molecule has 2 rings (SSSR count). The number of nitrogens with one attached hydrogen (secondary N) is 1. The highest BCUT2D eigenvalue weighted by molar-refractivity contribution is 5.27. The summed E-state index contributed by atoms with van der Waals surface area (Å²) in [6, 6.07) is 11.3. The topological polar surface area (TPSA) is 32.3 Å². The smallest absolute Gasteiger partial charge is 0.0603 e. The molecule has 16 heavy (non-hydrogen) atoms. The summed E-state index contributed by atoms with van der Waals surface area (Å²) >= 11 is 0. The van der Waals surface area contributed by atoms with E-state index >= 15 is 0 Å². The highest BCUT2D eigenvalue weighted by Gasteiger charge is 2.37. The third kappa shape index (κ3) is 3.32. The van der Waals surface area contributed by atoms with Gasteiger partial charge in [0, 0.05) is 12.0 Å². The van der Waals surface area contributed by atoms with Gasteiger partial charge in [0.05, 0.1) is 5.60 Å². The molecule has 2 unspecified atom stereocenters. The highest BCUT2D eigenvalue weighted by atomic mass is 16.3. The van der Waals surface area contributed by atoms with Gasteiger partial charge in [-0.1, -0.05) is 30.3 Å². The van der Waals surface area contributed by atoms with E-state index in [4.69, 9.17) is 0 Å². The van der Waals surface area contributed by atoms with Crippen LogP contribution in [-0.2, 0) is 0 Å². The molecule has 1 aliphatic carbocycles. The van der Waals surface area contributed by atoms with Gasteiger partial charge in [-0.3, -0.25) is 0 Å². The minimum absolute atomic E-state index is 0.551. The molecular formula is C14H21NO. The number of benzene rings is 1. The first-order valence-corrected chi connectivity index (χ1v) is 6.07. The Hall–Kier alpha value is -0.860. The van der Waals surface area contributed by atoms with Gasteiger partial charge in [-0.25, -0.2) is 0 Å². The summed E-state index contributed by atoms with van der Waals surface area (Å²) < 4.78 is 0. The molecule has 0 radical (unpaired) electrons. The third-order valence-electron chi connectivity index (χ3n) is 3.16. The Kier molecular flexibility index (Phi) is 3.31. The Labute approximate surface area is 97.7 Å². The molecular weight excluding hydrogens is 198 g/mol. The van der Waals surface area contributed by atoms with E-state index < -0.39 is 5.60 Å². The van der Waals surface area contributed by atoms with Gasteiger partial charge in [-0.15, -0.1) is 0 Å². The average Bonchev–Trinajstić information content (AvgIpc) is 2.97. The molecule has 1 aromatic rings. The maximum Gasteiger partial charge on any atom is 0.0603 e. The fourth-order valence-electron chi connectivity index (χ4n) is 2.05. The van der Waals surface area contributed by atoms with Crippen LogP contribution in [0.15, 0.2) is 30.3 Å². The minimum atomic E-state index is -0.551.